The number of aryl methyl sites for hydroxylation is 2. The molecule has 8 heteroatoms. The van der Waals surface area contributed by atoms with E-state index in [1.807, 2.05) is 20.2 Å². The van der Waals surface area contributed by atoms with E-state index in [1.54, 1.807) is 0 Å². The minimum atomic E-state index is 0.509. The van der Waals surface area contributed by atoms with Crippen LogP contribution in [0.1, 0.15) is 55.5 Å². The topological polar surface area (TPSA) is 94.6 Å². The molecule has 24 heavy (non-hydrogen) atoms. The van der Waals surface area contributed by atoms with Crippen LogP contribution in [-0.2, 0) is 6.54 Å². The van der Waals surface area contributed by atoms with Crippen molar-refractivity contribution < 1.29 is 4.52 Å². The molecule has 4 rings (SSSR count). The lowest BCUT2D eigenvalue weighted by Gasteiger charge is -2.24. The first-order chi connectivity index (χ1) is 11.7. The number of rotatable bonds is 4. The van der Waals surface area contributed by atoms with Crippen LogP contribution in [0.25, 0.3) is 11.1 Å². The molecular formula is C16H21N7O. The second kappa shape index (κ2) is 6.18. The van der Waals surface area contributed by atoms with Gasteiger partial charge in [-0.3, -0.25) is 0 Å². The third kappa shape index (κ3) is 2.72. The first-order valence-electron chi connectivity index (χ1n) is 8.45. The molecule has 0 saturated heterocycles. The molecule has 3 aromatic heterocycles. The molecule has 0 atom stereocenters. The number of hydrogen-bond donors (Lipinski definition) is 1. The quantitative estimate of drug-likeness (QED) is 0.787. The Kier molecular flexibility index (Phi) is 3.87. The summed E-state index contributed by atoms with van der Waals surface area (Å²) in [5, 5.41) is 16.6. The van der Waals surface area contributed by atoms with E-state index in [-0.39, 0.29) is 0 Å². The van der Waals surface area contributed by atoms with Gasteiger partial charge in [-0.15, -0.1) is 10.2 Å². The fourth-order valence-corrected chi connectivity index (χ4v) is 3.44. The number of nitrogens with zero attached hydrogens (tertiary/aromatic N) is 6. The summed E-state index contributed by atoms with van der Waals surface area (Å²) in [5.74, 6) is 2.31. The Bertz CT molecular complexity index is 847. The standard InChI is InChI=1S/C16H21N7O/c1-10-14-15(19-11(2)20-16(14)24-22-10)17-8-13-21-18-9-23(13)12-6-4-3-5-7-12/h9,12H,3-8H2,1-2H3,(H,17,19,20). The molecule has 3 aromatic rings. The molecule has 1 N–H and O–H groups in total. The molecule has 1 aliphatic rings. The second-order valence-electron chi connectivity index (χ2n) is 6.37. The second-order valence-corrected chi connectivity index (χ2v) is 6.37. The Hall–Kier alpha value is -2.51. The lowest BCUT2D eigenvalue weighted by Crippen LogP contribution is -2.17. The SMILES string of the molecule is Cc1nc(NCc2nncn2C2CCCCC2)c2c(C)noc2n1. The van der Waals surface area contributed by atoms with Crippen molar-refractivity contribution in [2.45, 2.75) is 58.5 Å². The molecule has 8 nitrogen and oxygen atoms in total. The minimum absolute atomic E-state index is 0.509. The summed E-state index contributed by atoms with van der Waals surface area (Å²) in [6, 6.07) is 0.509. The first kappa shape index (κ1) is 15.0. The molecule has 126 valence electrons. The number of hydrogen-bond acceptors (Lipinski definition) is 7. The highest BCUT2D eigenvalue weighted by Gasteiger charge is 2.19. The van der Waals surface area contributed by atoms with E-state index in [0.29, 0.717) is 24.1 Å². The van der Waals surface area contributed by atoms with Crippen molar-refractivity contribution in [3.63, 3.8) is 0 Å². The summed E-state index contributed by atoms with van der Waals surface area (Å²) in [4.78, 5) is 8.78. The normalized spacial score (nSPS) is 15.9. The third-order valence-electron chi connectivity index (χ3n) is 4.65. The van der Waals surface area contributed by atoms with Crippen LogP contribution in [0.15, 0.2) is 10.9 Å². The van der Waals surface area contributed by atoms with Crippen molar-refractivity contribution in [2.24, 2.45) is 0 Å². The smallest absolute Gasteiger partial charge is 0.263 e. The summed E-state index contributed by atoms with van der Waals surface area (Å²) in [6.45, 7) is 4.29. The maximum Gasteiger partial charge on any atom is 0.263 e. The maximum absolute atomic E-state index is 5.25. The molecular weight excluding hydrogens is 306 g/mol. The fraction of sp³-hybridized carbons (Fsp3) is 0.562. The molecule has 0 radical (unpaired) electrons. The van der Waals surface area contributed by atoms with Crippen LogP contribution in [-0.4, -0.2) is 29.9 Å². The van der Waals surface area contributed by atoms with Gasteiger partial charge in [0.1, 0.15) is 23.4 Å². The van der Waals surface area contributed by atoms with Gasteiger partial charge in [0, 0.05) is 6.04 Å². The molecule has 1 fully saturated rings. The fourth-order valence-electron chi connectivity index (χ4n) is 3.44. The van der Waals surface area contributed by atoms with Gasteiger partial charge < -0.3 is 14.4 Å². The van der Waals surface area contributed by atoms with E-state index in [0.717, 1.165) is 22.7 Å². The summed E-state index contributed by atoms with van der Waals surface area (Å²) >= 11 is 0. The van der Waals surface area contributed by atoms with Crippen LogP contribution in [0.2, 0.25) is 0 Å². The van der Waals surface area contributed by atoms with Crippen molar-refractivity contribution >= 4 is 16.9 Å². The van der Waals surface area contributed by atoms with Gasteiger partial charge in [0.15, 0.2) is 5.82 Å². The zero-order valence-corrected chi connectivity index (χ0v) is 14.0. The average molecular weight is 327 g/mol. The molecule has 0 aliphatic heterocycles. The lowest BCUT2D eigenvalue weighted by atomic mass is 9.95. The summed E-state index contributed by atoms with van der Waals surface area (Å²) in [6.07, 6.45) is 8.14. The number of anilines is 1. The van der Waals surface area contributed by atoms with Crippen molar-refractivity contribution in [2.75, 3.05) is 5.32 Å². The van der Waals surface area contributed by atoms with Crippen LogP contribution in [0.5, 0.6) is 0 Å². The van der Waals surface area contributed by atoms with E-state index in [2.05, 4.69) is 35.2 Å². The van der Waals surface area contributed by atoms with Crippen LogP contribution in [0, 0.1) is 13.8 Å². The van der Waals surface area contributed by atoms with Crippen molar-refractivity contribution in [1.29, 1.82) is 0 Å². The highest BCUT2D eigenvalue weighted by molar-refractivity contribution is 5.87. The predicted molar refractivity (Wildman–Crippen MR) is 88.5 cm³/mol. The third-order valence-corrected chi connectivity index (χ3v) is 4.65. The highest BCUT2D eigenvalue weighted by atomic mass is 16.5. The Morgan fingerprint density at radius 1 is 1.21 bits per heavy atom. The Morgan fingerprint density at radius 2 is 2.04 bits per heavy atom. The van der Waals surface area contributed by atoms with Gasteiger partial charge in [-0.2, -0.15) is 4.98 Å². The Labute approximate surface area is 139 Å². The monoisotopic (exact) mass is 327 g/mol. The summed E-state index contributed by atoms with van der Waals surface area (Å²) in [5.41, 5.74) is 1.29. The van der Waals surface area contributed by atoms with E-state index < -0.39 is 0 Å². The molecule has 1 saturated carbocycles. The average Bonchev–Trinajstić information content (AvgIpc) is 3.20. The van der Waals surface area contributed by atoms with E-state index >= 15 is 0 Å². The predicted octanol–water partition coefficient (Wildman–Crippen LogP) is 2.94. The van der Waals surface area contributed by atoms with E-state index in [4.69, 9.17) is 4.52 Å². The highest BCUT2D eigenvalue weighted by Crippen LogP contribution is 2.29. The minimum Gasteiger partial charge on any atom is -0.362 e. The number of nitrogens with one attached hydrogen (secondary N) is 1. The molecule has 0 unspecified atom stereocenters. The van der Waals surface area contributed by atoms with E-state index in [9.17, 15) is 0 Å². The van der Waals surface area contributed by atoms with Gasteiger partial charge in [-0.1, -0.05) is 24.4 Å². The van der Waals surface area contributed by atoms with Gasteiger partial charge in [0.05, 0.1) is 12.2 Å². The molecule has 0 aromatic carbocycles. The van der Waals surface area contributed by atoms with Crippen LogP contribution in [0.4, 0.5) is 5.82 Å². The molecule has 0 amide bonds. The molecule has 1 aliphatic carbocycles. The summed E-state index contributed by atoms with van der Waals surface area (Å²) in [7, 11) is 0. The maximum atomic E-state index is 5.25. The van der Waals surface area contributed by atoms with Crippen molar-refractivity contribution in [3.05, 3.63) is 23.7 Å². The number of fused-ring (bicyclic) bond motifs is 1. The van der Waals surface area contributed by atoms with E-state index in [1.165, 1.54) is 32.1 Å². The van der Waals surface area contributed by atoms with Crippen LogP contribution >= 0.6 is 0 Å². The van der Waals surface area contributed by atoms with Crippen LogP contribution < -0.4 is 5.32 Å². The van der Waals surface area contributed by atoms with Gasteiger partial charge in [-0.05, 0) is 26.7 Å². The molecule has 0 bridgehead atoms. The Balaban J connectivity index is 1.58. The van der Waals surface area contributed by atoms with Gasteiger partial charge in [0.25, 0.3) is 5.71 Å². The van der Waals surface area contributed by atoms with Crippen LogP contribution in [0.3, 0.4) is 0 Å². The largest absolute Gasteiger partial charge is 0.362 e. The first-order valence-corrected chi connectivity index (χ1v) is 8.45. The van der Waals surface area contributed by atoms with Crippen molar-refractivity contribution in [1.82, 2.24) is 29.9 Å². The molecule has 3 heterocycles. The lowest BCUT2D eigenvalue weighted by molar-refractivity contribution is 0.346. The molecule has 0 spiro atoms. The zero-order valence-electron chi connectivity index (χ0n) is 14.0. The summed E-state index contributed by atoms with van der Waals surface area (Å²) < 4.78 is 7.46. The van der Waals surface area contributed by atoms with Gasteiger partial charge in [-0.25, -0.2) is 4.98 Å². The van der Waals surface area contributed by atoms with Gasteiger partial charge >= 0.3 is 0 Å². The van der Waals surface area contributed by atoms with Crippen molar-refractivity contribution in [3.8, 4) is 0 Å². The zero-order chi connectivity index (χ0) is 16.5. The Morgan fingerprint density at radius 3 is 2.88 bits per heavy atom. The van der Waals surface area contributed by atoms with Gasteiger partial charge in [0.2, 0.25) is 0 Å². The number of aromatic nitrogens is 6.